The van der Waals surface area contributed by atoms with Crippen LogP contribution in [-0.4, -0.2) is 74.2 Å². The number of imidazole rings is 1. The van der Waals surface area contributed by atoms with Crippen LogP contribution in [0.1, 0.15) is 6.23 Å². The average Bonchev–Trinajstić information content (AvgIpc) is 3.11. The van der Waals surface area contributed by atoms with Gasteiger partial charge in [-0.1, -0.05) is 0 Å². The number of anilines is 1. The highest BCUT2D eigenvalue weighted by atomic mass is 31.3. The highest BCUT2D eigenvalue weighted by molar-refractivity contribution is 7.66. The van der Waals surface area contributed by atoms with E-state index < -0.39 is 54.6 Å². The Hall–Kier alpha value is -1.36. The normalized spacial score (nSPS) is 28.5. The highest BCUT2D eigenvalue weighted by Gasteiger charge is 2.46. The van der Waals surface area contributed by atoms with Gasteiger partial charge in [-0.2, -0.15) is 13.6 Å². The fourth-order valence-corrected chi connectivity index (χ4v) is 5.62. The number of nitrogen functional groups attached to an aromatic ring is 1. The molecule has 1 fully saturated rings. The van der Waals surface area contributed by atoms with Crippen molar-refractivity contribution in [3.8, 4) is 0 Å². The summed E-state index contributed by atoms with van der Waals surface area (Å²) in [6, 6.07) is 0. The summed E-state index contributed by atoms with van der Waals surface area (Å²) in [7, 11) is -16.7. The Kier molecular flexibility index (Phi) is 6.68. The van der Waals surface area contributed by atoms with Crippen molar-refractivity contribution in [2.24, 2.45) is 0 Å². The van der Waals surface area contributed by atoms with E-state index in [1.54, 1.807) is 0 Å². The van der Waals surface area contributed by atoms with Gasteiger partial charge in [0.05, 0.1) is 19.1 Å². The number of ether oxygens (including phenoxy) is 1. The summed E-state index contributed by atoms with van der Waals surface area (Å²) in [5.41, 5.74) is 5.95. The molecule has 18 nitrogen and oxygen atoms in total. The standard InChI is InChI=1S/C10H16N5O13P3/c11-10-12-1-4-8(14-10)15(3-13-4)9-7(17)6(16)5(26-9)2-25-30(21,22)28-31(23,24)27-29(18,19)20/h1,3,5-7,9,16-17H,2H2,(H,21,22)(H,23,24)(H2,11,12,14)(H2,18,19,20)/t5-,6-,7-,9-/m1/s1. The van der Waals surface area contributed by atoms with Crippen molar-refractivity contribution in [1.29, 1.82) is 0 Å². The lowest BCUT2D eigenvalue weighted by molar-refractivity contribution is -0.0503. The summed E-state index contributed by atoms with van der Waals surface area (Å²) < 4.78 is 51.9. The maximum Gasteiger partial charge on any atom is 0.490 e. The SMILES string of the molecule is Nc1ncc2ncn([C@@H]3O[C@H](COP(=O)(O)OP(=O)(O)OP(=O)(O)O)[C@@H](O)[C@H]3O)c2n1. The van der Waals surface area contributed by atoms with Gasteiger partial charge in [-0.25, -0.2) is 23.7 Å². The number of rotatable bonds is 8. The van der Waals surface area contributed by atoms with Gasteiger partial charge in [0.15, 0.2) is 11.9 Å². The van der Waals surface area contributed by atoms with Gasteiger partial charge in [-0.05, 0) is 0 Å². The van der Waals surface area contributed by atoms with Gasteiger partial charge in [0.25, 0.3) is 0 Å². The van der Waals surface area contributed by atoms with E-state index in [4.69, 9.17) is 25.2 Å². The number of phosphoric ester groups is 1. The Morgan fingerprint density at radius 3 is 2.39 bits per heavy atom. The van der Waals surface area contributed by atoms with Crippen molar-refractivity contribution < 1.29 is 61.4 Å². The molecule has 174 valence electrons. The van der Waals surface area contributed by atoms with E-state index in [1.165, 1.54) is 17.1 Å². The third-order valence-electron chi connectivity index (χ3n) is 3.76. The lowest BCUT2D eigenvalue weighted by Crippen LogP contribution is -2.33. The van der Waals surface area contributed by atoms with Gasteiger partial charge in [0, 0.05) is 0 Å². The molecule has 3 heterocycles. The second-order valence-electron chi connectivity index (χ2n) is 6.02. The van der Waals surface area contributed by atoms with Crippen molar-refractivity contribution in [3.63, 3.8) is 0 Å². The quantitative estimate of drug-likeness (QED) is 0.197. The van der Waals surface area contributed by atoms with Gasteiger partial charge in [0.2, 0.25) is 5.95 Å². The van der Waals surface area contributed by atoms with Crippen molar-refractivity contribution in [3.05, 3.63) is 12.5 Å². The van der Waals surface area contributed by atoms with E-state index in [2.05, 4.69) is 28.1 Å². The smallest absolute Gasteiger partial charge is 0.387 e. The first-order chi connectivity index (χ1) is 14.2. The largest absolute Gasteiger partial charge is 0.490 e. The van der Waals surface area contributed by atoms with Gasteiger partial charge >= 0.3 is 23.5 Å². The summed E-state index contributed by atoms with van der Waals surface area (Å²) in [5, 5.41) is 20.4. The van der Waals surface area contributed by atoms with Crippen LogP contribution in [0.3, 0.4) is 0 Å². The van der Waals surface area contributed by atoms with E-state index >= 15 is 0 Å². The van der Waals surface area contributed by atoms with Crippen LogP contribution in [0.2, 0.25) is 0 Å². The van der Waals surface area contributed by atoms with Crippen LogP contribution in [0.4, 0.5) is 5.95 Å². The van der Waals surface area contributed by atoms with E-state index in [0.29, 0.717) is 0 Å². The van der Waals surface area contributed by atoms with Crippen LogP contribution in [-0.2, 0) is 31.6 Å². The molecule has 21 heteroatoms. The van der Waals surface area contributed by atoms with E-state index in [9.17, 15) is 28.8 Å². The lowest BCUT2D eigenvalue weighted by atomic mass is 10.1. The molecule has 0 bridgehead atoms. The minimum Gasteiger partial charge on any atom is -0.387 e. The number of aliphatic hydroxyl groups excluding tert-OH is 2. The van der Waals surface area contributed by atoms with Crippen LogP contribution in [0.5, 0.6) is 0 Å². The Labute approximate surface area is 171 Å². The molecule has 0 aromatic carbocycles. The number of aromatic nitrogens is 4. The first kappa shape index (κ1) is 24.3. The van der Waals surface area contributed by atoms with Crippen molar-refractivity contribution in [2.75, 3.05) is 12.3 Å². The summed E-state index contributed by atoms with van der Waals surface area (Å²) in [6.07, 6.45) is -3.49. The molecule has 0 saturated carbocycles. The second-order valence-corrected chi connectivity index (χ2v) is 10.4. The van der Waals surface area contributed by atoms with Crippen molar-refractivity contribution in [2.45, 2.75) is 24.5 Å². The van der Waals surface area contributed by atoms with Gasteiger partial charge in [0.1, 0.15) is 23.8 Å². The number of phosphoric acid groups is 3. The zero-order valence-electron chi connectivity index (χ0n) is 14.9. The summed E-state index contributed by atoms with van der Waals surface area (Å²) >= 11 is 0. The lowest BCUT2D eigenvalue weighted by Gasteiger charge is -2.19. The monoisotopic (exact) mass is 507 g/mol. The Balaban J connectivity index is 1.69. The second kappa shape index (κ2) is 8.53. The number of hydrogen-bond acceptors (Lipinski definition) is 13. The summed E-state index contributed by atoms with van der Waals surface area (Å²) in [5.74, 6) is -0.105. The average molecular weight is 507 g/mol. The van der Waals surface area contributed by atoms with E-state index in [1.807, 2.05) is 0 Å². The Morgan fingerprint density at radius 1 is 1.06 bits per heavy atom. The van der Waals surface area contributed by atoms with E-state index in [0.717, 1.165) is 0 Å². The summed E-state index contributed by atoms with van der Waals surface area (Å²) in [4.78, 5) is 47.2. The first-order valence-electron chi connectivity index (χ1n) is 7.92. The zero-order valence-corrected chi connectivity index (χ0v) is 17.6. The maximum absolute atomic E-state index is 11.8. The molecule has 6 atom stereocenters. The van der Waals surface area contributed by atoms with Gasteiger partial charge < -0.3 is 40.3 Å². The number of nitrogens with zero attached hydrogens (tertiary/aromatic N) is 4. The molecular weight excluding hydrogens is 491 g/mol. The molecule has 0 amide bonds. The molecule has 0 aliphatic carbocycles. The minimum absolute atomic E-state index is 0.105. The van der Waals surface area contributed by atoms with Crippen molar-refractivity contribution >= 4 is 40.6 Å². The number of hydrogen-bond donors (Lipinski definition) is 7. The predicted octanol–water partition coefficient (Wildman–Crippen LogP) is -1.63. The van der Waals surface area contributed by atoms with Crippen LogP contribution in [0, 0.1) is 0 Å². The molecule has 8 N–H and O–H groups in total. The van der Waals surface area contributed by atoms with Crippen LogP contribution >= 0.6 is 23.5 Å². The first-order valence-corrected chi connectivity index (χ1v) is 12.4. The maximum atomic E-state index is 11.8. The molecule has 31 heavy (non-hydrogen) atoms. The van der Waals surface area contributed by atoms with Crippen molar-refractivity contribution in [1.82, 2.24) is 19.5 Å². The molecule has 1 aliphatic rings. The summed E-state index contributed by atoms with van der Waals surface area (Å²) in [6.45, 7) is -0.956. The number of fused-ring (bicyclic) bond motifs is 1. The molecule has 3 rings (SSSR count). The number of nitrogens with two attached hydrogens (primary N) is 1. The van der Waals surface area contributed by atoms with E-state index in [-0.39, 0.29) is 17.1 Å². The molecule has 2 aromatic rings. The highest BCUT2D eigenvalue weighted by Crippen LogP contribution is 2.66. The van der Waals surface area contributed by atoms with Crippen LogP contribution in [0.15, 0.2) is 12.5 Å². The fourth-order valence-electron chi connectivity index (χ4n) is 2.59. The predicted molar refractivity (Wildman–Crippen MR) is 95.5 cm³/mol. The third kappa shape index (κ3) is 5.91. The van der Waals surface area contributed by atoms with Crippen LogP contribution in [0.25, 0.3) is 11.2 Å². The fraction of sp³-hybridized carbons (Fsp3) is 0.500. The zero-order chi connectivity index (χ0) is 23.2. The molecule has 2 unspecified atom stereocenters. The molecule has 1 saturated heterocycles. The molecule has 1 aliphatic heterocycles. The Bertz CT molecular complexity index is 1100. The topological polar surface area (TPSA) is 279 Å². The van der Waals surface area contributed by atoms with Crippen LogP contribution < -0.4 is 5.73 Å². The van der Waals surface area contributed by atoms with Gasteiger partial charge in [-0.15, -0.1) is 0 Å². The molecular formula is C10H16N5O13P3. The molecule has 0 radical (unpaired) electrons. The molecule has 2 aromatic heterocycles. The minimum atomic E-state index is -5.70. The number of aliphatic hydroxyl groups is 2. The van der Waals surface area contributed by atoms with Gasteiger partial charge in [-0.3, -0.25) is 9.09 Å². The Morgan fingerprint density at radius 2 is 1.74 bits per heavy atom. The third-order valence-corrected chi connectivity index (χ3v) is 7.57. The molecule has 0 spiro atoms.